The monoisotopic (exact) mass is 218 g/mol. The summed E-state index contributed by atoms with van der Waals surface area (Å²) in [6.45, 7) is -0.397. The van der Waals surface area contributed by atoms with Gasteiger partial charge in [0, 0.05) is 0 Å². The molecule has 0 aromatic rings. The predicted molar refractivity (Wildman–Crippen MR) is 44.1 cm³/mol. The van der Waals surface area contributed by atoms with Crippen molar-refractivity contribution in [3.63, 3.8) is 0 Å². The van der Waals surface area contributed by atoms with Gasteiger partial charge in [0.05, 0.1) is 6.42 Å². The van der Waals surface area contributed by atoms with Crippen LogP contribution in [0.4, 0.5) is 0 Å². The van der Waals surface area contributed by atoms with Crippen molar-refractivity contribution in [2.45, 2.75) is 12.1 Å². The number of carbonyl (C=O) groups excluding carboxylic acids is 2. The van der Waals surface area contributed by atoms with E-state index < -0.39 is 38.2 Å². The van der Waals surface area contributed by atoms with Crippen molar-refractivity contribution in [2.75, 3.05) is 6.61 Å². The van der Waals surface area contributed by atoms with E-state index in [1.165, 1.54) is 0 Å². The maximum atomic E-state index is 11.3. The number of carbonyl (C=O) groups is 2. The number of hydrogen-bond acceptors (Lipinski definition) is 5. The third-order valence-electron chi connectivity index (χ3n) is 1.57. The van der Waals surface area contributed by atoms with Crippen molar-refractivity contribution in [3.8, 4) is 12.3 Å². The fourth-order valence-electron chi connectivity index (χ4n) is 0.931. The zero-order valence-electron chi connectivity index (χ0n) is 7.00. The smallest absolute Gasteiger partial charge is 0.343 e. The first-order valence-corrected chi connectivity index (χ1v) is 5.27. The Morgan fingerprint density at radius 1 is 1.71 bits per heavy atom. The van der Waals surface area contributed by atoms with Crippen molar-refractivity contribution in [3.05, 3.63) is 0 Å². The molecule has 1 fully saturated rings. The molecule has 1 N–H and O–H groups in total. The molecular weight excluding hydrogens is 211 g/mol. The summed E-state index contributed by atoms with van der Waals surface area (Å²) >= 11 is 0. The van der Waals surface area contributed by atoms with E-state index in [2.05, 4.69) is 9.26 Å². The first-order chi connectivity index (χ1) is 6.47. The van der Waals surface area contributed by atoms with Gasteiger partial charge in [-0.2, -0.15) is 0 Å². The van der Waals surface area contributed by atoms with Gasteiger partial charge in [0.15, 0.2) is 5.66 Å². The Morgan fingerprint density at radius 2 is 2.36 bits per heavy atom. The normalized spacial score (nSPS) is 25.3. The topological polar surface area (TPSA) is 89.9 Å². The van der Waals surface area contributed by atoms with Gasteiger partial charge < -0.3 is 9.63 Å². The van der Waals surface area contributed by atoms with E-state index in [1.54, 1.807) is 0 Å². The maximum absolute atomic E-state index is 11.3. The second-order valence-corrected chi connectivity index (χ2v) is 4.56. The average Bonchev–Trinajstić information content (AvgIpc) is 2.42. The highest BCUT2D eigenvalue weighted by molar-refractivity contribution is 7.54. The van der Waals surface area contributed by atoms with Crippen LogP contribution in [0.15, 0.2) is 0 Å². The van der Waals surface area contributed by atoms with Crippen molar-refractivity contribution in [2.24, 2.45) is 0 Å². The molecule has 76 valence electrons. The first kappa shape index (κ1) is 10.9. The molecule has 1 heterocycles. The van der Waals surface area contributed by atoms with Gasteiger partial charge in [-0.05, 0) is 0 Å². The summed E-state index contributed by atoms with van der Waals surface area (Å²) in [7, 11) is -4.19. The SMILES string of the molecule is C#CCOP(=O)(O)C1CC(=O)OC1=O. The third kappa shape index (κ3) is 2.20. The molecule has 1 aliphatic heterocycles. The molecule has 1 aliphatic rings. The van der Waals surface area contributed by atoms with Crippen molar-refractivity contribution < 1.29 is 28.3 Å². The molecule has 0 bridgehead atoms. The lowest BCUT2D eigenvalue weighted by molar-refractivity contribution is -0.151. The van der Waals surface area contributed by atoms with Crippen molar-refractivity contribution >= 4 is 19.5 Å². The molecule has 14 heavy (non-hydrogen) atoms. The number of hydrogen-bond donors (Lipinski definition) is 1. The van der Waals surface area contributed by atoms with Gasteiger partial charge in [-0.3, -0.25) is 18.7 Å². The standard InChI is InChI=1S/C7H7O6P/c1-2-3-12-14(10,11)5-4-6(8)13-7(5)9/h1,5H,3-4H2,(H,10,11). The van der Waals surface area contributed by atoms with E-state index in [1.807, 2.05) is 5.92 Å². The van der Waals surface area contributed by atoms with Crippen LogP contribution in [0.3, 0.4) is 0 Å². The fraction of sp³-hybridized carbons (Fsp3) is 0.429. The average molecular weight is 218 g/mol. The molecule has 6 nitrogen and oxygen atoms in total. The molecule has 7 heteroatoms. The lowest BCUT2D eigenvalue weighted by Gasteiger charge is -2.12. The Hall–Kier alpha value is -1.15. The summed E-state index contributed by atoms with van der Waals surface area (Å²) in [5, 5.41) is 0. The van der Waals surface area contributed by atoms with E-state index in [-0.39, 0.29) is 0 Å². The van der Waals surface area contributed by atoms with Crippen LogP contribution in [0.2, 0.25) is 0 Å². The van der Waals surface area contributed by atoms with E-state index >= 15 is 0 Å². The number of ether oxygens (including phenoxy) is 1. The minimum atomic E-state index is -4.19. The zero-order chi connectivity index (χ0) is 10.8. The minimum absolute atomic E-state index is 0.397. The third-order valence-corrected chi connectivity index (χ3v) is 3.25. The largest absolute Gasteiger partial charge is 0.392 e. The Kier molecular flexibility index (Phi) is 3.06. The second-order valence-electron chi connectivity index (χ2n) is 2.55. The lowest BCUT2D eigenvalue weighted by atomic mass is 10.4. The molecule has 0 aromatic carbocycles. The summed E-state index contributed by atoms with van der Waals surface area (Å²) in [5.74, 6) is 0.104. The van der Waals surface area contributed by atoms with Crippen LogP contribution in [0.5, 0.6) is 0 Å². The quantitative estimate of drug-likeness (QED) is 0.301. The summed E-state index contributed by atoms with van der Waals surface area (Å²) in [4.78, 5) is 30.7. The molecule has 0 amide bonds. The number of terminal acetylenes is 1. The molecule has 0 radical (unpaired) electrons. The molecule has 0 aliphatic carbocycles. The van der Waals surface area contributed by atoms with Crippen LogP contribution in [0.25, 0.3) is 0 Å². The Balaban J connectivity index is 2.73. The fourth-order valence-corrected chi connectivity index (χ4v) is 2.07. The van der Waals surface area contributed by atoms with Gasteiger partial charge in [0.25, 0.3) is 0 Å². The molecular formula is C7H7O6P. The van der Waals surface area contributed by atoms with Crippen molar-refractivity contribution in [1.29, 1.82) is 0 Å². The molecule has 1 rings (SSSR count). The highest BCUT2D eigenvalue weighted by Gasteiger charge is 2.47. The Bertz CT molecular complexity index is 354. The number of esters is 2. The van der Waals surface area contributed by atoms with Crippen LogP contribution >= 0.6 is 7.60 Å². The summed E-state index contributed by atoms with van der Waals surface area (Å²) in [6.07, 6.45) is 4.36. The Labute approximate surface area is 79.7 Å². The van der Waals surface area contributed by atoms with E-state index in [9.17, 15) is 19.0 Å². The summed E-state index contributed by atoms with van der Waals surface area (Å²) < 4.78 is 19.8. The van der Waals surface area contributed by atoms with Gasteiger partial charge in [0.1, 0.15) is 6.61 Å². The van der Waals surface area contributed by atoms with Gasteiger partial charge in [-0.15, -0.1) is 6.42 Å². The number of cyclic esters (lactones) is 2. The first-order valence-electron chi connectivity index (χ1n) is 3.62. The van der Waals surface area contributed by atoms with Gasteiger partial charge in [0.2, 0.25) is 0 Å². The summed E-state index contributed by atoms with van der Waals surface area (Å²) in [5.41, 5.74) is -1.44. The highest BCUT2D eigenvalue weighted by Crippen LogP contribution is 2.50. The van der Waals surface area contributed by atoms with Crippen LogP contribution in [0.1, 0.15) is 6.42 Å². The van der Waals surface area contributed by atoms with Crippen LogP contribution in [-0.4, -0.2) is 29.1 Å². The summed E-state index contributed by atoms with van der Waals surface area (Å²) in [6, 6.07) is 0. The molecule has 0 spiro atoms. The predicted octanol–water partition coefficient (Wildman–Crippen LogP) is -0.336. The van der Waals surface area contributed by atoms with E-state index in [4.69, 9.17) is 6.42 Å². The molecule has 1 saturated heterocycles. The van der Waals surface area contributed by atoms with Crippen LogP contribution < -0.4 is 0 Å². The van der Waals surface area contributed by atoms with Crippen LogP contribution in [0, 0.1) is 12.3 Å². The number of rotatable bonds is 3. The van der Waals surface area contributed by atoms with Gasteiger partial charge >= 0.3 is 19.5 Å². The van der Waals surface area contributed by atoms with Crippen LogP contribution in [-0.2, 0) is 23.4 Å². The highest BCUT2D eigenvalue weighted by atomic mass is 31.2. The molecule has 0 aromatic heterocycles. The van der Waals surface area contributed by atoms with Gasteiger partial charge in [-0.25, -0.2) is 0 Å². The van der Waals surface area contributed by atoms with Gasteiger partial charge in [-0.1, -0.05) is 5.92 Å². The molecule has 2 unspecified atom stereocenters. The second kappa shape index (κ2) is 3.93. The Morgan fingerprint density at radius 3 is 2.79 bits per heavy atom. The zero-order valence-corrected chi connectivity index (χ0v) is 7.90. The van der Waals surface area contributed by atoms with E-state index in [0.717, 1.165) is 0 Å². The molecule has 0 saturated carbocycles. The maximum Gasteiger partial charge on any atom is 0.343 e. The van der Waals surface area contributed by atoms with E-state index in [0.29, 0.717) is 0 Å². The van der Waals surface area contributed by atoms with Crippen molar-refractivity contribution in [1.82, 2.24) is 0 Å². The minimum Gasteiger partial charge on any atom is -0.392 e. The lowest BCUT2D eigenvalue weighted by Crippen LogP contribution is -2.16. The molecule has 2 atom stereocenters.